The zero-order valence-corrected chi connectivity index (χ0v) is 13.9. The van der Waals surface area contributed by atoms with Crippen LogP contribution < -0.4 is 22.5 Å². The second-order valence-electron chi connectivity index (χ2n) is 4.25. The number of rotatable bonds is 10. The highest BCUT2D eigenvalue weighted by Gasteiger charge is 2.02. The smallest absolute Gasteiger partial charge is 0.136 e. The quantitative estimate of drug-likeness (QED) is 0.265. The predicted octanol–water partition coefficient (Wildman–Crippen LogP) is 0.746. The van der Waals surface area contributed by atoms with Gasteiger partial charge in [0.05, 0.1) is 25.4 Å². The first-order chi connectivity index (χ1) is 10.0. The Bertz CT molecular complexity index is 234. The van der Waals surface area contributed by atoms with Crippen molar-refractivity contribution in [2.45, 2.75) is 58.2 Å². The minimum atomic E-state index is -0.245. The third-order valence-corrected chi connectivity index (χ3v) is 2.55. The van der Waals surface area contributed by atoms with Gasteiger partial charge in [-0.1, -0.05) is 20.8 Å². The van der Waals surface area contributed by atoms with E-state index >= 15 is 0 Å². The van der Waals surface area contributed by atoms with Crippen LogP contribution in [0, 0.1) is 0 Å². The molecule has 3 atom stereocenters. The maximum Gasteiger partial charge on any atom is 0.136 e. The number of carbonyl (C=O) groups is 2. The van der Waals surface area contributed by atoms with E-state index in [2.05, 4.69) is 11.1 Å². The van der Waals surface area contributed by atoms with E-state index in [1.54, 1.807) is 0 Å². The van der Waals surface area contributed by atoms with Crippen molar-refractivity contribution in [2.24, 2.45) is 17.2 Å². The average Bonchev–Trinajstić information content (AvgIpc) is 2.56. The van der Waals surface area contributed by atoms with Crippen LogP contribution in [0.1, 0.15) is 45.7 Å². The molecule has 0 spiro atoms. The first-order valence-electron chi connectivity index (χ1n) is 7.36. The molecular weight excluding hydrogens is 272 g/mol. The Kier molecular flexibility index (Phi) is 25.6. The summed E-state index contributed by atoms with van der Waals surface area (Å²) in [5.41, 5.74) is 15.2. The van der Waals surface area contributed by atoms with Gasteiger partial charge in [0.1, 0.15) is 12.6 Å². The van der Waals surface area contributed by atoms with Gasteiger partial charge in [0.15, 0.2) is 0 Å². The molecule has 0 rings (SSSR count). The first kappa shape index (κ1) is 25.1. The Balaban J connectivity index is -0.0000000470. The van der Waals surface area contributed by atoms with Gasteiger partial charge in [-0.25, -0.2) is 0 Å². The summed E-state index contributed by atoms with van der Waals surface area (Å²) in [5.74, 6) is 0. The van der Waals surface area contributed by atoms with E-state index in [0.29, 0.717) is 13.3 Å². The van der Waals surface area contributed by atoms with E-state index in [4.69, 9.17) is 16.2 Å². The lowest BCUT2D eigenvalue weighted by molar-refractivity contribution is -0.110. The lowest BCUT2D eigenvalue weighted by Crippen LogP contribution is -2.34. The average molecular weight is 315 g/mol. The zero-order chi connectivity index (χ0) is 17.1. The SMILES string of the molecule is CCC(N)C=O.CCC(N)COCNC(C=O)CC.CN.[HH].[HH].[HH].[HH]. The number of carbonyl (C=O) groups excluding carboxylic acids is 2. The Labute approximate surface area is 134 Å². The normalized spacial score (nSPS) is 13.7. The van der Waals surface area contributed by atoms with Crippen LogP contribution in [0.25, 0.3) is 0 Å². The van der Waals surface area contributed by atoms with E-state index in [1.165, 1.54) is 7.05 Å². The summed E-state index contributed by atoms with van der Waals surface area (Å²) in [6, 6.07) is -0.249. The van der Waals surface area contributed by atoms with E-state index in [9.17, 15) is 9.59 Å². The van der Waals surface area contributed by atoms with Gasteiger partial charge < -0.3 is 31.5 Å². The van der Waals surface area contributed by atoms with Crippen molar-refractivity contribution in [2.75, 3.05) is 20.4 Å². The molecule has 0 amide bonds. The van der Waals surface area contributed by atoms with Crippen molar-refractivity contribution in [3.63, 3.8) is 0 Å². The molecule has 0 radical (unpaired) electrons. The number of nitrogens with two attached hydrogens (primary N) is 3. The number of hydrogen-bond donors (Lipinski definition) is 4. The first-order valence-corrected chi connectivity index (χ1v) is 7.36. The van der Waals surface area contributed by atoms with Crippen LogP contribution >= 0.6 is 0 Å². The topological polar surface area (TPSA) is 133 Å². The number of hydrogen-bond acceptors (Lipinski definition) is 7. The predicted molar refractivity (Wildman–Crippen MR) is 95.3 cm³/mol. The van der Waals surface area contributed by atoms with Crippen molar-refractivity contribution in [3.8, 4) is 0 Å². The lowest BCUT2D eigenvalue weighted by atomic mass is 10.2. The van der Waals surface area contributed by atoms with Gasteiger partial charge in [-0.3, -0.25) is 5.32 Å². The summed E-state index contributed by atoms with van der Waals surface area (Å²) in [7, 11) is 1.50. The van der Waals surface area contributed by atoms with E-state index in [1.807, 2.05) is 20.8 Å². The molecule has 7 nitrogen and oxygen atoms in total. The highest BCUT2D eigenvalue weighted by atomic mass is 16.5. The molecule has 0 aromatic carbocycles. The van der Waals surface area contributed by atoms with Gasteiger partial charge in [0.2, 0.25) is 0 Å². The van der Waals surface area contributed by atoms with E-state index in [-0.39, 0.29) is 23.8 Å². The van der Waals surface area contributed by atoms with Crippen LogP contribution in [0.15, 0.2) is 0 Å². The lowest BCUT2D eigenvalue weighted by Gasteiger charge is -2.12. The molecule has 0 aliphatic carbocycles. The molecule has 0 heterocycles. The summed E-state index contributed by atoms with van der Waals surface area (Å²) < 4.78 is 5.23. The van der Waals surface area contributed by atoms with Crippen molar-refractivity contribution in [3.05, 3.63) is 0 Å². The minimum absolute atomic E-state index is 0. The van der Waals surface area contributed by atoms with Gasteiger partial charge >= 0.3 is 0 Å². The van der Waals surface area contributed by atoms with Crippen molar-refractivity contribution in [1.82, 2.24) is 5.32 Å². The minimum Gasteiger partial charge on any atom is -0.365 e. The highest BCUT2D eigenvalue weighted by molar-refractivity contribution is 5.57. The van der Waals surface area contributed by atoms with Crippen LogP contribution in [-0.2, 0) is 14.3 Å². The second-order valence-corrected chi connectivity index (χ2v) is 4.25. The molecular formula is C14H42N4O3. The fourth-order valence-electron chi connectivity index (χ4n) is 0.879. The van der Waals surface area contributed by atoms with Crippen molar-refractivity contribution in [1.29, 1.82) is 0 Å². The second kappa shape index (κ2) is 21.4. The van der Waals surface area contributed by atoms with Crippen molar-refractivity contribution < 1.29 is 20.0 Å². The summed E-state index contributed by atoms with van der Waals surface area (Å²) >= 11 is 0. The third-order valence-electron chi connectivity index (χ3n) is 2.55. The molecule has 136 valence electrons. The maximum absolute atomic E-state index is 10.4. The van der Waals surface area contributed by atoms with Crippen LogP contribution in [0.2, 0.25) is 0 Å². The van der Waals surface area contributed by atoms with Gasteiger partial charge in [-0.05, 0) is 26.3 Å². The number of ether oxygens (including phenoxy) is 1. The van der Waals surface area contributed by atoms with Gasteiger partial charge in [0, 0.05) is 11.7 Å². The molecule has 7 heteroatoms. The summed E-state index contributed by atoms with van der Waals surface area (Å²) in [6.45, 7) is 6.77. The Morgan fingerprint density at radius 3 is 1.90 bits per heavy atom. The largest absolute Gasteiger partial charge is 0.365 e. The summed E-state index contributed by atoms with van der Waals surface area (Å²) in [5, 5.41) is 2.95. The fraction of sp³-hybridized carbons (Fsp3) is 0.857. The monoisotopic (exact) mass is 314 g/mol. The van der Waals surface area contributed by atoms with Gasteiger partial charge in [-0.2, -0.15) is 0 Å². The molecule has 3 unspecified atom stereocenters. The zero-order valence-electron chi connectivity index (χ0n) is 13.9. The highest BCUT2D eigenvalue weighted by Crippen LogP contribution is 1.88. The van der Waals surface area contributed by atoms with Gasteiger partial charge in [0.25, 0.3) is 0 Å². The Morgan fingerprint density at radius 1 is 1.05 bits per heavy atom. The summed E-state index contributed by atoms with van der Waals surface area (Å²) in [6.07, 6.45) is 4.07. The molecule has 0 bridgehead atoms. The maximum atomic E-state index is 10.4. The van der Waals surface area contributed by atoms with E-state index < -0.39 is 0 Å². The molecule has 0 aliphatic heterocycles. The number of nitrogens with one attached hydrogen (secondary N) is 1. The summed E-state index contributed by atoms with van der Waals surface area (Å²) in [4.78, 5) is 20.0. The fourth-order valence-corrected chi connectivity index (χ4v) is 0.879. The number of aldehydes is 2. The van der Waals surface area contributed by atoms with Crippen molar-refractivity contribution >= 4 is 12.6 Å². The van der Waals surface area contributed by atoms with Crippen LogP contribution in [0.4, 0.5) is 0 Å². The van der Waals surface area contributed by atoms with Crippen LogP contribution in [-0.4, -0.2) is 51.1 Å². The van der Waals surface area contributed by atoms with Gasteiger partial charge in [-0.15, -0.1) is 0 Å². The Morgan fingerprint density at radius 2 is 1.62 bits per heavy atom. The molecule has 0 saturated carbocycles. The third kappa shape index (κ3) is 21.6. The molecule has 21 heavy (non-hydrogen) atoms. The standard InChI is InChI=1S/C9H20N2O2.C4H9NO.CH5N.4H2/c1-3-8(10)6-13-7-11-9(4-2)5-12;1-2-4(5)3-6;1-2;;;;/h5,8-9,11H,3-4,6-7,10H2,1-2H3;3-4H,2,5H2,1H3;2H2,1H3;4*1H. The Hall–Kier alpha value is -0.860. The molecule has 0 fully saturated rings. The molecule has 7 N–H and O–H groups in total. The van der Waals surface area contributed by atoms with Crippen LogP contribution in [0.3, 0.4) is 0 Å². The van der Waals surface area contributed by atoms with Crippen LogP contribution in [0.5, 0.6) is 0 Å². The van der Waals surface area contributed by atoms with E-state index in [0.717, 1.165) is 31.8 Å². The molecule has 0 aliphatic rings. The molecule has 0 saturated heterocycles. The molecule has 0 aromatic heterocycles. The molecule has 0 aromatic rings.